The minimum atomic E-state index is 0.772. The van der Waals surface area contributed by atoms with Gasteiger partial charge in [-0.05, 0) is 41.0 Å². The molecule has 0 saturated carbocycles. The zero-order chi connectivity index (χ0) is 22.2. The Labute approximate surface area is 202 Å². The van der Waals surface area contributed by atoms with Gasteiger partial charge in [0.25, 0.3) is 0 Å². The predicted octanol–water partition coefficient (Wildman–Crippen LogP) is 5.58. The summed E-state index contributed by atoms with van der Waals surface area (Å²) in [7, 11) is 0. The summed E-state index contributed by atoms with van der Waals surface area (Å²) in [6.07, 6.45) is 0. The summed E-state index contributed by atoms with van der Waals surface area (Å²) in [5.74, 6) is 1.09. The largest absolute Gasteiger partial charge is 0.297 e. The van der Waals surface area contributed by atoms with E-state index in [4.69, 9.17) is 21.0 Å². The third-order valence-electron chi connectivity index (χ3n) is 6.42. The molecule has 33 heavy (non-hydrogen) atoms. The third kappa shape index (κ3) is 4.15. The van der Waals surface area contributed by atoms with Gasteiger partial charge in [0.2, 0.25) is 4.96 Å². The van der Waals surface area contributed by atoms with Gasteiger partial charge in [0, 0.05) is 49.3 Å². The Morgan fingerprint density at radius 3 is 2.30 bits per heavy atom. The summed E-state index contributed by atoms with van der Waals surface area (Å²) in [6, 6.07) is 25.1. The predicted molar refractivity (Wildman–Crippen MR) is 136 cm³/mol. The second-order valence-electron chi connectivity index (χ2n) is 8.53. The molecule has 0 N–H and O–H groups in total. The summed E-state index contributed by atoms with van der Waals surface area (Å²) in [6.45, 7) is 5.98. The van der Waals surface area contributed by atoms with Crippen molar-refractivity contribution in [2.45, 2.75) is 13.1 Å². The fraction of sp³-hybridized carbons (Fsp3) is 0.231. The maximum Gasteiger partial charge on any atom is 0.214 e. The Bertz CT molecular complexity index is 1400. The number of hydrogen-bond donors (Lipinski definition) is 0. The van der Waals surface area contributed by atoms with E-state index in [2.05, 4.69) is 68.8 Å². The lowest BCUT2D eigenvalue weighted by Gasteiger charge is -2.34. The Morgan fingerprint density at radius 1 is 0.788 bits per heavy atom. The first kappa shape index (κ1) is 20.8. The normalized spacial score (nSPS) is 15.5. The van der Waals surface area contributed by atoms with Gasteiger partial charge in [0.15, 0.2) is 0 Å². The number of aromatic nitrogens is 3. The van der Waals surface area contributed by atoms with E-state index in [-0.39, 0.29) is 0 Å². The summed E-state index contributed by atoms with van der Waals surface area (Å²) in [5.41, 5.74) is 6.05. The van der Waals surface area contributed by atoms with Gasteiger partial charge >= 0.3 is 0 Å². The SMILES string of the molecule is Clc1ccc(-c2ccccc2CN2CCN(Cc3nsc4nc5ccccc5n34)CC2)cc1. The van der Waals surface area contributed by atoms with E-state index in [1.165, 1.54) is 28.2 Å². The van der Waals surface area contributed by atoms with E-state index in [0.717, 1.165) is 66.1 Å². The molecule has 0 amide bonds. The lowest BCUT2D eigenvalue weighted by atomic mass is 9.99. The molecule has 1 aliphatic heterocycles. The number of nitrogens with zero attached hydrogens (tertiary/aromatic N) is 5. The quantitative estimate of drug-likeness (QED) is 0.334. The van der Waals surface area contributed by atoms with Crippen molar-refractivity contribution in [1.29, 1.82) is 0 Å². The monoisotopic (exact) mass is 473 g/mol. The van der Waals surface area contributed by atoms with Crippen molar-refractivity contribution < 1.29 is 0 Å². The van der Waals surface area contributed by atoms with Crippen LogP contribution in [0, 0.1) is 0 Å². The molecule has 1 aliphatic rings. The lowest BCUT2D eigenvalue weighted by Crippen LogP contribution is -2.45. The minimum Gasteiger partial charge on any atom is -0.297 e. The molecule has 0 bridgehead atoms. The van der Waals surface area contributed by atoms with Crippen molar-refractivity contribution in [1.82, 2.24) is 23.6 Å². The Hall–Kier alpha value is -2.77. The van der Waals surface area contributed by atoms with E-state index in [1.807, 2.05) is 18.2 Å². The van der Waals surface area contributed by atoms with Crippen molar-refractivity contribution in [2.24, 2.45) is 0 Å². The van der Waals surface area contributed by atoms with Gasteiger partial charge in [-0.25, -0.2) is 4.98 Å². The van der Waals surface area contributed by atoms with Gasteiger partial charge in [0.05, 0.1) is 17.6 Å². The van der Waals surface area contributed by atoms with E-state index < -0.39 is 0 Å². The first-order valence-corrected chi connectivity index (χ1v) is 12.4. The maximum absolute atomic E-state index is 6.09. The van der Waals surface area contributed by atoms with E-state index >= 15 is 0 Å². The second kappa shape index (κ2) is 8.88. The highest BCUT2D eigenvalue weighted by atomic mass is 35.5. The molecule has 5 nitrogen and oxygen atoms in total. The highest BCUT2D eigenvalue weighted by Gasteiger charge is 2.21. The highest BCUT2D eigenvalue weighted by Crippen LogP contribution is 2.27. The summed E-state index contributed by atoms with van der Waals surface area (Å²) in [4.78, 5) is 10.7. The van der Waals surface area contributed by atoms with Gasteiger partial charge in [0.1, 0.15) is 5.82 Å². The van der Waals surface area contributed by atoms with Crippen molar-refractivity contribution in [3.05, 3.63) is 89.2 Å². The minimum absolute atomic E-state index is 0.772. The summed E-state index contributed by atoms with van der Waals surface area (Å²) >= 11 is 7.58. The number of hydrogen-bond acceptors (Lipinski definition) is 5. The van der Waals surface area contributed by atoms with Crippen LogP contribution in [0.3, 0.4) is 0 Å². The van der Waals surface area contributed by atoms with Crippen LogP contribution < -0.4 is 0 Å². The molecule has 0 radical (unpaired) electrons. The molecule has 0 atom stereocenters. The number of imidazole rings is 1. The molecule has 2 aromatic heterocycles. The zero-order valence-corrected chi connectivity index (χ0v) is 19.8. The number of benzene rings is 3. The molecule has 166 valence electrons. The maximum atomic E-state index is 6.09. The molecule has 1 saturated heterocycles. The Morgan fingerprint density at radius 2 is 1.48 bits per heavy atom. The number of para-hydroxylation sites is 2. The van der Waals surface area contributed by atoms with Crippen LogP contribution in [0.25, 0.3) is 27.1 Å². The third-order valence-corrected chi connectivity index (χ3v) is 7.41. The van der Waals surface area contributed by atoms with Crippen LogP contribution in [0.1, 0.15) is 11.4 Å². The van der Waals surface area contributed by atoms with E-state index in [0.29, 0.717) is 0 Å². The highest BCUT2D eigenvalue weighted by molar-refractivity contribution is 7.11. The van der Waals surface area contributed by atoms with Crippen molar-refractivity contribution in [3.8, 4) is 11.1 Å². The average Bonchev–Trinajstić information content (AvgIpc) is 3.41. The van der Waals surface area contributed by atoms with Crippen molar-refractivity contribution in [2.75, 3.05) is 26.2 Å². The van der Waals surface area contributed by atoms with Crippen molar-refractivity contribution >= 4 is 39.1 Å². The van der Waals surface area contributed by atoms with Crippen LogP contribution in [-0.4, -0.2) is 49.7 Å². The van der Waals surface area contributed by atoms with E-state index in [1.54, 1.807) is 0 Å². The smallest absolute Gasteiger partial charge is 0.214 e. The molecular weight excluding hydrogens is 450 g/mol. The molecule has 0 unspecified atom stereocenters. The molecule has 0 aliphatic carbocycles. The molecular formula is C26H24ClN5S. The molecule has 3 heterocycles. The van der Waals surface area contributed by atoms with Gasteiger partial charge < -0.3 is 0 Å². The van der Waals surface area contributed by atoms with Crippen LogP contribution >= 0.6 is 23.1 Å². The van der Waals surface area contributed by atoms with Crippen LogP contribution in [0.15, 0.2) is 72.8 Å². The standard InChI is InChI=1S/C26H24ClN5S/c27-21-11-9-19(10-12-21)22-6-2-1-5-20(22)17-30-13-15-31(16-14-30)18-25-29-33-26-28-23-7-3-4-8-24(23)32(25)26/h1-12H,13-18H2. The molecule has 1 fully saturated rings. The molecule has 3 aromatic carbocycles. The second-order valence-corrected chi connectivity index (χ2v) is 9.70. The molecule has 0 spiro atoms. The van der Waals surface area contributed by atoms with Gasteiger partial charge in [-0.3, -0.25) is 14.2 Å². The van der Waals surface area contributed by atoms with Crippen molar-refractivity contribution in [3.63, 3.8) is 0 Å². The molecule has 5 aromatic rings. The first-order chi connectivity index (χ1) is 16.2. The zero-order valence-electron chi connectivity index (χ0n) is 18.2. The fourth-order valence-corrected chi connectivity index (χ4v) is 5.54. The topological polar surface area (TPSA) is 36.7 Å². The number of rotatable bonds is 5. The fourth-order valence-electron chi connectivity index (χ4n) is 4.66. The summed E-state index contributed by atoms with van der Waals surface area (Å²) in [5, 5.41) is 0.772. The van der Waals surface area contributed by atoms with Gasteiger partial charge in [-0.2, -0.15) is 4.37 Å². The Balaban J connectivity index is 1.14. The Kier molecular flexibility index (Phi) is 5.60. The summed E-state index contributed by atoms with van der Waals surface area (Å²) < 4.78 is 6.93. The first-order valence-electron chi connectivity index (χ1n) is 11.2. The van der Waals surface area contributed by atoms with Crippen LogP contribution in [-0.2, 0) is 13.1 Å². The van der Waals surface area contributed by atoms with E-state index in [9.17, 15) is 0 Å². The van der Waals surface area contributed by atoms with Crippen LogP contribution in [0.5, 0.6) is 0 Å². The van der Waals surface area contributed by atoms with Gasteiger partial charge in [-0.1, -0.05) is 60.1 Å². The molecule has 6 rings (SSSR count). The van der Waals surface area contributed by atoms with Crippen LogP contribution in [0.4, 0.5) is 0 Å². The number of fused-ring (bicyclic) bond motifs is 3. The lowest BCUT2D eigenvalue weighted by molar-refractivity contribution is 0.120. The number of piperazine rings is 1. The average molecular weight is 474 g/mol. The molecule has 7 heteroatoms. The van der Waals surface area contributed by atoms with Gasteiger partial charge in [-0.15, -0.1) is 0 Å². The number of halogens is 1. The van der Waals surface area contributed by atoms with Crippen LogP contribution in [0.2, 0.25) is 5.02 Å².